The third-order valence-electron chi connectivity index (χ3n) is 3.43. The van der Waals surface area contributed by atoms with Crippen molar-refractivity contribution in [3.05, 3.63) is 58.3 Å². The van der Waals surface area contributed by atoms with Crippen molar-refractivity contribution in [2.75, 3.05) is 20.1 Å². The second-order valence-electron chi connectivity index (χ2n) is 4.83. The van der Waals surface area contributed by atoms with Gasteiger partial charge in [-0.2, -0.15) is 0 Å². The molecule has 0 saturated heterocycles. The summed E-state index contributed by atoms with van der Waals surface area (Å²) in [4.78, 5) is 3.83. The first-order valence-corrected chi connectivity index (χ1v) is 7.63. The molecule has 102 valence electrons. The molecule has 3 heteroatoms. The minimum atomic E-state index is 0.499. The molecule has 2 aromatic rings. The Hall–Kier alpha value is -1.16. The first-order chi connectivity index (χ1) is 9.27. The van der Waals surface area contributed by atoms with E-state index in [1.165, 1.54) is 10.4 Å². The highest BCUT2D eigenvalue weighted by atomic mass is 32.1. The van der Waals surface area contributed by atoms with Crippen LogP contribution in [0, 0.1) is 0 Å². The van der Waals surface area contributed by atoms with Crippen LogP contribution in [0.3, 0.4) is 0 Å². The van der Waals surface area contributed by atoms with E-state index in [1.807, 2.05) is 11.3 Å². The second-order valence-corrected chi connectivity index (χ2v) is 5.81. The first kappa shape index (κ1) is 14.3. The van der Waals surface area contributed by atoms with Crippen LogP contribution in [-0.2, 0) is 6.54 Å². The summed E-state index contributed by atoms with van der Waals surface area (Å²) >= 11 is 1.83. The number of hydrogen-bond acceptors (Lipinski definition) is 3. The Balaban J connectivity index is 1.68. The lowest BCUT2D eigenvalue weighted by Crippen LogP contribution is -2.30. The molecule has 1 aromatic carbocycles. The van der Waals surface area contributed by atoms with Gasteiger partial charge in [0.1, 0.15) is 0 Å². The van der Waals surface area contributed by atoms with E-state index in [4.69, 9.17) is 0 Å². The summed E-state index contributed by atoms with van der Waals surface area (Å²) in [6.45, 7) is 5.29. The Morgan fingerprint density at radius 1 is 1.16 bits per heavy atom. The minimum Gasteiger partial charge on any atom is -0.311 e. The average Bonchev–Trinajstić information content (AvgIpc) is 2.98. The Morgan fingerprint density at radius 3 is 2.63 bits per heavy atom. The molecule has 0 fully saturated rings. The topological polar surface area (TPSA) is 15.3 Å². The van der Waals surface area contributed by atoms with Gasteiger partial charge in [0.05, 0.1) is 0 Å². The molecule has 1 atom stereocenters. The van der Waals surface area contributed by atoms with Crippen LogP contribution in [0.5, 0.6) is 0 Å². The zero-order chi connectivity index (χ0) is 13.5. The van der Waals surface area contributed by atoms with Crippen LogP contribution in [-0.4, -0.2) is 25.0 Å². The maximum Gasteiger partial charge on any atom is 0.0410 e. The lowest BCUT2D eigenvalue weighted by molar-refractivity contribution is 0.264. The molecule has 2 nitrogen and oxygen atoms in total. The highest BCUT2D eigenvalue weighted by Crippen LogP contribution is 2.22. The van der Waals surface area contributed by atoms with Gasteiger partial charge in [-0.25, -0.2) is 0 Å². The summed E-state index contributed by atoms with van der Waals surface area (Å²) in [5.41, 5.74) is 1.34. The second kappa shape index (κ2) is 7.43. The van der Waals surface area contributed by atoms with E-state index in [2.05, 4.69) is 72.0 Å². The third kappa shape index (κ3) is 4.46. The van der Waals surface area contributed by atoms with Crippen molar-refractivity contribution in [1.29, 1.82) is 0 Å². The van der Waals surface area contributed by atoms with Crippen LogP contribution < -0.4 is 5.32 Å². The normalized spacial score (nSPS) is 12.8. The van der Waals surface area contributed by atoms with Gasteiger partial charge in [-0.1, -0.05) is 36.4 Å². The number of rotatable bonds is 7. The van der Waals surface area contributed by atoms with Gasteiger partial charge in [-0.05, 0) is 31.0 Å². The lowest BCUT2D eigenvalue weighted by Gasteiger charge is -2.23. The summed E-state index contributed by atoms with van der Waals surface area (Å²) in [5, 5.41) is 5.64. The van der Waals surface area contributed by atoms with Crippen molar-refractivity contribution in [2.45, 2.75) is 19.5 Å². The molecule has 1 N–H and O–H groups in total. The largest absolute Gasteiger partial charge is 0.311 e. The summed E-state index contributed by atoms with van der Waals surface area (Å²) in [7, 11) is 2.19. The highest BCUT2D eigenvalue weighted by Gasteiger charge is 2.11. The maximum atomic E-state index is 3.49. The average molecular weight is 274 g/mol. The Labute approximate surface area is 120 Å². The molecule has 0 saturated carbocycles. The fraction of sp³-hybridized carbons (Fsp3) is 0.375. The molecular weight excluding hydrogens is 252 g/mol. The minimum absolute atomic E-state index is 0.499. The molecule has 0 aliphatic carbocycles. The molecular formula is C16H22N2S. The molecule has 2 rings (SSSR count). The predicted molar refractivity (Wildman–Crippen MR) is 83.5 cm³/mol. The van der Waals surface area contributed by atoms with Crippen molar-refractivity contribution in [3.8, 4) is 0 Å². The van der Waals surface area contributed by atoms with Crippen LogP contribution in [0.2, 0.25) is 0 Å². The number of nitrogens with zero attached hydrogens (tertiary/aromatic N) is 1. The maximum absolute atomic E-state index is 3.49. The van der Waals surface area contributed by atoms with E-state index in [0.717, 1.165) is 19.6 Å². The molecule has 0 aliphatic heterocycles. The number of likely N-dealkylation sites (N-methyl/N-ethyl adjacent to an activating group) is 1. The third-order valence-corrected chi connectivity index (χ3v) is 4.47. The molecule has 0 spiro atoms. The molecule has 1 heterocycles. The van der Waals surface area contributed by atoms with Crippen LogP contribution in [0.15, 0.2) is 47.8 Å². The van der Waals surface area contributed by atoms with E-state index in [0.29, 0.717) is 6.04 Å². The van der Waals surface area contributed by atoms with E-state index in [9.17, 15) is 0 Å². The number of nitrogens with one attached hydrogen (secondary N) is 1. The van der Waals surface area contributed by atoms with Crippen molar-refractivity contribution in [2.24, 2.45) is 0 Å². The van der Waals surface area contributed by atoms with Gasteiger partial charge < -0.3 is 5.32 Å². The van der Waals surface area contributed by atoms with Crippen LogP contribution >= 0.6 is 11.3 Å². The summed E-state index contributed by atoms with van der Waals surface area (Å²) in [5.74, 6) is 0. The van der Waals surface area contributed by atoms with Crippen molar-refractivity contribution < 1.29 is 0 Å². The van der Waals surface area contributed by atoms with E-state index in [1.54, 1.807) is 0 Å². The molecule has 0 aliphatic rings. The molecule has 0 radical (unpaired) electrons. The SMILES string of the molecule is CC(c1cccs1)N(C)CCNCc1ccccc1. The van der Waals surface area contributed by atoms with E-state index < -0.39 is 0 Å². The predicted octanol–water partition coefficient (Wildman–Crippen LogP) is 3.53. The molecule has 0 bridgehead atoms. The molecule has 1 aromatic heterocycles. The molecule has 1 unspecified atom stereocenters. The van der Waals surface area contributed by atoms with Crippen LogP contribution in [0.1, 0.15) is 23.4 Å². The molecule has 19 heavy (non-hydrogen) atoms. The Morgan fingerprint density at radius 2 is 1.95 bits per heavy atom. The van der Waals surface area contributed by atoms with Gasteiger partial charge in [0.25, 0.3) is 0 Å². The molecule has 0 amide bonds. The van der Waals surface area contributed by atoms with Gasteiger partial charge in [0, 0.05) is 30.6 Å². The van der Waals surface area contributed by atoms with Crippen LogP contribution in [0.4, 0.5) is 0 Å². The summed E-state index contributed by atoms with van der Waals surface area (Å²) < 4.78 is 0. The highest BCUT2D eigenvalue weighted by molar-refractivity contribution is 7.10. The zero-order valence-electron chi connectivity index (χ0n) is 11.7. The summed E-state index contributed by atoms with van der Waals surface area (Å²) in [6, 6.07) is 15.4. The lowest BCUT2D eigenvalue weighted by atomic mass is 10.2. The monoisotopic (exact) mass is 274 g/mol. The van der Waals surface area contributed by atoms with Gasteiger partial charge in [0.2, 0.25) is 0 Å². The van der Waals surface area contributed by atoms with E-state index in [-0.39, 0.29) is 0 Å². The Bertz CT molecular complexity index is 453. The van der Waals surface area contributed by atoms with Gasteiger partial charge in [-0.3, -0.25) is 4.90 Å². The fourth-order valence-electron chi connectivity index (χ4n) is 2.02. The van der Waals surface area contributed by atoms with Crippen molar-refractivity contribution in [1.82, 2.24) is 10.2 Å². The smallest absolute Gasteiger partial charge is 0.0410 e. The van der Waals surface area contributed by atoms with Gasteiger partial charge >= 0.3 is 0 Å². The van der Waals surface area contributed by atoms with E-state index >= 15 is 0 Å². The number of hydrogen-bond donors (Lipinski definition) is 1. The van der Waals surface area contributed by atoms with Gasteiger partial charge in [0.15, 0.2) is 0 Å². The Kier molecular flexibility index (Phi) is 5.58. The summed E-state index contributed by atoms with van der Waals surface area (Å²) in [6.07, 6.45) is 0. The van der Waals surface area contributed by atoms with Crippen molar-refractivity contribution >= 4 is 11.3 Å². The first-order valence-electron chi connectivity index (χ1n) is 6.75. The van der Waals surface area contributed by atoms with Gasteiger partial charge in [-0.15, -0.1) is 11.3 Å². The number of thiophene rings is 1. The van der Waals surface area contributed by atoms with Crippen LogP contribution in [0.25, 0.3) is 0 Å². The van der Waals surface area contributed by atoms with Crippen molar-refractivity contribution in [3.63, 3.8) is 0 Å². The fourth-order valence-corrected chi connectivity index (χ4v) is 2.87. The number of benzene rings is 1. The zero-order valence-corrected chi connectivity index (χ0v) is 12.5. The quantitative estimate of drug-likeness (QED) is 0.777. The standard InChI is InChI=1S/C16H22N2S/c1-14(16-9-6-12-19-16)18(2)11-10-17-13-15-7-4-3-5-8-15/h3-9,12,14,17H,10-11,13H2,1-2H3.